The van der Waals surface area contributed by atoms with Crippen LogP contribution in [0, 0.1) is 0 Å². The molecule has 3 nitrogen and oxygen atoms in total. The summed E-state index contributed by atoms with van der Waals surface area (Å²) in [5, 5.41) is 2.53. The third-order valence-electron chi connectivity index (χ3n) is 15.7. The summed E-state index contributed by atoms with van der Waals surface area (Å²) >= 11 is 2.13. The van der Waals surface area contributed by atoms with Gasteiger partial charge < -0.3 is 14.4 Å². The predicted molar refractivity (Wildman–Crippen MR) is 297 cm³/mol. The van der Waals surface area contributed by atoms with Crippen molar-refractivity contribution in [2.45, 2.75) is 89.7 Å². The van der Waals surface area contributed by atoms with Crippen LogP contribution in [0.4, 0.5) is 28.4 Å². The standard InChI is InChI=1S/C64H58BN3S/c1-61(2,3)40-26-31-43(32-27-40)66-55-35-30-42(63(7,8)9)36-52(55)65-59-56(66)37-45(68-53-24-16-12-20-48(53)49-21-13-17-25-54(49)68)38-57(59)67(44-33-28-41(29-34-44)62(4,5)6)58-39-64(69-60(58)65)50-22-14-10-18-46(50)47-19-11-15-23-51(47)64/h10-38H,39H2,1-9H3. The van der Waals surface area contributed by atoms with Gasteiger partial charge in [0.05, 0.1) is 21.5 Å². The molecular formula is C64H58BN3S. The van der Waals surface area contributed by atoms with Crippen LogP contribution in [0.1, 0.15) is 96.6 Å². The smallest absolute Gasteiger partial charge is 0.259 e. The number of hydrogen-bond donors (Lipinski definition) is 0. The number of rotatable bonds is 3. The van der Waals surface area contributed by atoms with Crippen molar-refractivity contribution in [2.75, 3.05) is 9.80 Å². The lowest BCUT2D eigenvalue weighted by Gasteiger charge is -2.44. The van der Waals surface area contributed by atoms with Crippen molar-refractivity contribution in [3.63, 3.8) is 0 Å². The molecular weight excluding hydrogens is 854 g/mol. The van der Waals surface area contributed by atoms with Crippen LogP contribution in [0.5, 0.6) is 0 Å². The van der Waals surface area contributed by atoms with Gasteiger partial charge in [-0.05, 0) is 126 Å². The van der Waals surface area contributed by atoms with Crippen LogP contribution in [0.25, 0.3) is 38.6 Å². The first-order valence-corrected chi connectivity index (χ1v) is 25.7. The van der Waals surface area contributed by atoms with Gasteiger partial charge in [-0.25, -0.2) is 0 Å². The zero-order valence-electron chi connectivity index (χ0n) is 41.3. The maximum Gasteiger partial charge on any atom is 0.259 e. The number of aromatic nitrogens is 1. The van der Waals surface area contributed by atoms with Crippen molar-refractivity contribution in [1.82, 2.24) is 4.57 Å². The van der Waals surface area contributed by atoms with Crippen molar-refractivity contribution in [3.8, 4) is 16.8 Å². The minimum absolute atomic E-state index is 0.00833. The Hall–Kier alpha value is -6.69. The van der Waals surface area contributed by atoms with Crippen LogP contribution < -0.4 is 20.7 Å². The van der Waals surface area contributed by atoms with Crippen LogP contribution in [-0.4, -0.2) is 11.3 Å². The Morgan fingerprint density at radius 1 is 0.449 bits per heavy atom. The van der Waals surface area contributed by atoms with Gasteiger partial charge in [0, 0.05) is 51.3 Å². The summed E-state index contributed by atoms with van der Waals surface area (Å²) in [7, 11) is 0. The molecule has 1 aliphatic carbocycles. The summed E-state index contributed by atoms with van der Waals surface area (Å²) in [6.07, 6.45) is 0.874. The highest BCUT2D eigenvalue weighted by Crippen LogP contribution is 2.66. The molecule has 0 bridgehead atoms. The van der Waals surface area contributed by atoms with E-state index in [4.69, 9.17) is 0 Å². The molecule has 9 aromatic rings. The second-order valence-electron chi connectivity index (χ2n) is 23.0. The second-order valence-corrected chi connectivity index (χ2v) is 24.3. The topological polar surface area (TPSA) is 11.4 Å². The van der Waals surface area contributed by atoms with E-state index < -0.39 is 0 Å². The monoisotopic (exact) mass is 911 g/mol. The van der Waals surface area contributed by atoms with Crippen molar-refractivity contribution >= 4 is 79.6 Å². The van der Waals surface area contributed by atoms with E-state index >= 15 is 0 Å². The summed E-state index contributed by atoms with van der Waals surface area (Å²) in [5.41, 5.74) is 23.4. The molecule has 1 spiro atoms. The Morgan fingerprint density at radius 3 is 1.45 bits per heavy atom. The van der Waals surface area contributed by atoms with E-state index in [0.717, 1.165) is 12.1 Å². The number of allylic oxidation sites excluding steroid dienone is 1. The van der Waals surface area contributed by atoms with Gasteiger partial charge in [-0.15, -0.1) is 11.8 Å². The Morgan fingerprint density at radius 2 is 0.913 bits per heavy atom. The molecule has 0 N–H and O–H groups in total. The van der Waals surface area contributed by atoms with Crippen molar-refractivity contribution in [1.29, 1.82) is 0 Å². The van der Waals surface area contributed by atoms with E-state index in [0.29, 0.717) is 0 Å². The summed E-state index contributed by atoms with van der Waals surface area (Å²) in [4.78, 5) is 6.75. The van der Waals surface area contributed by atoms with Crippen LogP contribution in [0.15, 0.2) is 186 Å². The van der Waals surface area contributed by atoms with E-state index in [1.54, 1.807) is 0 Å². The number of anilines is 5. The summed E-state index contributed by atoms with van der Waals surface area (Å²) in [6, 6.07) is 67.8. The molecule has 0 saturated carbocycles. The average Bonchev–Trinajstić information content (AvgIpc) is 3.99. The van der Waals surface area contributed by atoms with Crippen LogP contribution in [-0.2, 0) is 21.0 Å². The van der Waals surface area contributed by atoms with Gasteiger partial charge in [0.25, 0.3) is 6.71 Å². The number of thioether (sulfide) groups is 1. The fourth-order valence-electron chi connectivity index (χ4n) is 12.2. The molecule has 0 saturated heterocycles. The summed E-state index contributed by atoms with van der Waals surface area (Å²) < 4.78 is 2.23. The molecule has 5 heteroatoms. The summed E-state index contributed by atoms with van der Waals surface area (Å²) in [6.45, 7) is 21.0. The van der Waals surface area contributed by atoms with E-state index in [2.05, 4.69) is 264 Å². The van der Waals surface area contributed by atoms with Gasteiger partial charge in [0.2, 0.25) is 0 Å². The van der Waals surface area contributed by atoms with Gasteiger partial charge in [-0.1, -0.05) is 184 Å². The SMILES string of the molecule is CC(C)(C)c1ccc(N2C3=C(SC4(C3)c3ccccc3-c3ccccc34)B3c4cc(C(C)(C)C)ccc4N(c4ccc(C(C)(C)C)cc4)c4cc(-n5c6ccccc6c6ccccc65)cc2c43)cc1. The molecule has 3 aliphatic heterocycles. The molecule has 1 aromatic heterocycles. The highest BCUT2D eigenvalue weighted by molar-refractivity contribution is 8.06. The zero-order chi connectivity index (χ0) is 47.4. The Bertz CT molecular complexity index is 3530. The minimum Gasteiger partial charge on any atom is -0.315 e. The average molecular weight is 912 g/mol. The molecule has 8 aromatic carbocycles. The number of nitrogens with zero attached hydrogens (tertiary/aromatic N) is 3. The molecule has 0 atom stereocenters. The van der Waals surface area contributed by atoms with Crippen molar-refractivity contribution < 1.29 is 0 Å². The number of para-hydroxylation sites is 2. The lowest BCUT2D eigenvalue weighted by molar-refractivity contribution is 0.590. The lowest BCUT2D eigenvalue weighted by atomic mass is 9.36. The Kier molecular flexibility index (Phi) is 9.02. The number of benzene rings is 8. The van der Waals surface area contributed by atoms with Crippen molar-refractivity contribution in [3.05, 3.63) is 214 Å². The molecule has 69 heavy (non-hydrogen) atoms. The first kappa shape index (κ1) is 42.4. The van der Waals surface area contributed by atoms with E-state index in [1.807, 2.05) is 0 Å². The molecule has 4 heterocycles. The largest absolute Gasteiger partial charge is 0.315 e. The second kappa shape index (κ2) is 14.7. The lowest BCUT2D eigenvalue weighted by Crippen LogP contribution is -2.55. The fourth-order valence-corrected chi connectivity index (χ4v) is 14.0. The maximum absolute atomic E-state index is 2.69. The van der Waals surface area contributed by atoms with Gasteiger partial charge >= 0.3 is 0 Å². The molecule has 0 fully saturated rings. The molecule has 338 valence electrons. The van der Waals surface area contributed by atoms with Crippen molar-refractivity contribution in [2.24, 2.45) is 0 Å². The minimum atomic E-state index is -0.291. The van der Waals surface area contributed by atoms with Crippen LogP contribution >= 0.6 is 11.8 Å². The van der Waals surface area contributed by atoms with E-state index in [1.165, 1.54) is 111 Å². The van der Waals surface area contributed by atoms with Crippen LogP contribution in [0.3, 0.4) is 0 Å². The van der Waals surface area contributed by atoms with Crippen LogP contribution in [0.2, 0.25) is 0 Å². The molecule has 0 amide bonds. The molecule has 4 aliphatic rings. The Balaban J connectivity index is 1.16. The normalized spacial score (nSPS) is 15.8. The number of fused-ring (bicyclic) bond motifs is 11. The third-order valence-corrected chi connectivity index (χ3v) is 17.3. The van der Waals surface area contributed by atoms with Gasteiger partial charge in [-0.2, -0.15) is 0 Å². The molecule has 13 rings (SSSR count). The molecule has 0 radical (unpaired) electrons. The highest BCUT2D eigenvalue weighted by atomic mass is 32.2. The van der Waals surface area contributed by atoms with Gasteiger partial charge in [-0.3, -0.25) is 0 Å². The number of hydrogen-bond acceptors (Lipinski definition) is 3. The third kappa shape index (κ3) is 6.21. The zero-order valence-corrected chi connectivity index (χ0v) is 42.1. The quantitative estimate of drug-likeness (QED) is 0.164. The maximum atomic E-state index is 2.69. The Labute approximate surface area is 412 Å². The fraction of sp³-hybridized carbons (Fsp3) is 0.219. The van der Waals surface area contributed by atoms with E-state index in [9.17, 15) is 0 Å². The predicted octanol–water partition coefficient (Wildman–Crippen LogP) is 16.0. The summed E-state index contributed by atoms with van der Waals surface area (Å²) in [5.74, 6) is 0. The van der Waals surface area contributed by atoms with Gasteiger partial charge in [0.1, 0.15) is 0 Å². The highest BCUT2D eigenvalue weighted by Gasteiger charge is 2.56. The molecule has 0 unspecified atom stereocenters. The first-order chi connectivity index (χ1) is 33.1. The first-order valence-electron chi connectivity index (χ1n) is 24.8. The van der Waals surface area contributed by atoms with Gasteiger partial charge in [0.15, 0.2) is 0 Å². The van der Waals surface area contributed by atoms with E-state index in [-0.39, 0.29) is 27.7 Å².